The molecule has 122 valence electrons. The highest BCUT2D eigenvalue weighted by Gasteiger charge is 2.24. The molecule has 0 saturated carbocycles. The Morgan fingerprint density at radius 1 is 1.17 bits per heavy atom. The Morgan fingerprint density at radius 2 is 1.88 bits per heavy atom. The molecule has 1 unspecified atom stereocenters. The van der Waals surface area contributed by atoms with Crippen LogP contribution in [0.2, 0.25) is 5.02 Å². The molecule has 1 atom stereocenters. The molecule has 24 heavy (non-hydrogen) atoms. The van der Waals surface area contributed by atoms with Gasteiger partial charge in [0.2, 0.25) is 5.12 Å². The van der Waals surface area contributed by atoms with Crippen molar-refractivity contribution in [3.05, 3.63) is 77.5 Å². The van der Waals surface area contributed by atoms with E-state index in [1.165, 1.54) is 11.8 Å². The van der Waals surface area contributed by atoms with E-state index in [0.717, 1.165) is 11.3 Å². The molecule has 0 spiro atoms. The molecule has 0 saturated heterocycles. The molecule has 1 aliphatic heterocycles. The van der Waals surface area contributed by atoms with Gasteiger partial charge in [-0.15, -0.1) is 0 Å². The largest absolute Gasteiger partial charge is 0.385 e. The smallest absolute Gasteiger partial charge is 0.203 e. The Balaban J connectivity index is 1.62. The van der Waals surface area contributed by atoms with Gasteiger partial charge in [0.15, 0.2) is 0 Å². The number of hydrazone groups is 1. The van der Waals surface area contributed by atoms with Crippen LogP contribution in [0.1, 0.15) is 5.56 Å². The van der Waals surface area contributed by atoms with E-state index in [-0.39, 0.29) is 5.12 Å². The first-order valence-corrected chi connectivity index (χ1v) is 8.77. The van der Waals surface area contributed by atoms with E-state index in [9.17, 15) is 4.79 Å². The number of anilines is 1. The summed E-state index contributed by atoms with van der Waals surface area (Å²) in [6, 6.07) is 17.1. The van der Waals surface area contributed by atoms with Crippen molar-refractivity contribution >= 4 is 40.0 Å². The van der Waals surface area contributed by atoms with E-state index in [1.807, 2.05) is 54.6 Å². The van der Waals surface area contributed by atoms with Crippen molar-refractivity contribution in [2.75, 3.05) is 5.01 Å². The van der Waals surface area contributed by atoms with Gasteiger partial charge < -0.3 is 5.73 Å². The third kappa shape index (κ3) is 3.99. The monoisotopic (exact) mass is 357 g/mol. The molecule has 0 bridgehead atoms. The summed E-state index contributed by atoms with van der Waals surface area (Å²) in [6.45, 7) is 0. The Labute approximate surface area is 150 Å². The molecular formula is C18H16ClN3OS. The number of carbonyl (C=O) groups excluding carboxylic acids is 1. The fraction of sp³-hybridized carbons (Fsp3) is 0.111. The van der Waals surface area contributed by atoms with Crippen LogP contribution in [0.4, 0.5) is 5.69 Å². The average Bonchev–Trinajstić information content (AvgIpc) is 2.61. The fourth-order valence-corrected chi connectivity index (χ4v) is 3.24. The van der Waals surface area contributed by atoms with Gasteiger partial charge in [-0.05, 0) is 35.9 Å². The number of benzene rings is 2. The number of nitrogens with two attached hydrogens (primary N) is 1. The van der Waals surface area contributed by atoms with Crippen LogP contribution < -0.4 is 10.7 Å². The summed E-state index contributed by atoms with van der Waals surface area (Å²) < 4.78 is 0. The molecule has 0 fully saturated rings. The highest BCUT2D eigenvalue weighted by Crippen LogP contribution is 2.24. The Bertz CT molecular complexity index is 775. The molecule has 4 nitrogen and oxygen atoms in total. The second-order valence-electron chi connectivity index (χ2n) is 5.26. The van der Waals surface area contributed by atoms with Crippen LogP contribution in [-0.4, -0.2) is 11.0 Å². The zero-order chi connectivity index (χ0) is 16.9. The number of thioether (sulfide) groups is 1. The average molecular weight is 358 g/mol. The molecule has 0 radical (unpaired) electrons. The summed E-state index contributed by atoms with van der Waals surface area (Å²) >= 11 is 7.09. The molecule has 0 amide bonds. The topological polar surface area (TPSA) is 58.7 Å². The summed E-state index contributed by atoms with van der Waals surface area (Å²) in [5.74, 6) is 0.382. The van der Waals surface area contributed by atoms with E-state index < -0.39 is 5.92 Å². The summed E-state index contributed by atoms with van der Waals surface area (Å²) in [6.07, 6.45) is 3.56. The molecule has 0 aromatic heterocycles. The fourth-order valence-electron chi connectivity index (χ4n) is 2.23. The SMILES string of the molecule is NC1=NN(c2ccccc2)C=CC1C(=O)SCc1ccc(Cl)cc1. The second-order valence-corrected chi connectivity index (χ2v) is 6.67. The lowest BCUT2D eigenvalue weighted by Crippen LogP contribution is -2.33. The molecule has 2 aromatic carbocycles. The first-order valence-electron chi connectivity index (χ1n) is 7.41. The van der Waals surface area contributed by atoms with Gasteiger partial charge in [-0.2, -0.15) is 5.10 Å². The zero-order valence-electron chi connectivity index (χ0n) is 12.8. The number of amidine groups is 1. The zero-order valence-corrected chi connectivity index (χ0v) is 14.4. The van der Waals surface area contributed by atoms with Gasteiger partial charge >= 0.3 is 0 Å². The molecule has 0 aliphatic carbocycles. The Kier molecular flexibility index (Phi) is 5.23. The molecule has 2 aromatic rings. The number of carbonyl (C=O) groups is 1. The van der Waals surface area contributed by atoms with Gasteiger partial charge in [0, 0.05) is 17.0 Å². The molecule has 6 heteroatoms. The maximum atomic E-state index is 12.4. The van der Waals surface area contributed by atoms with Gasteiger partial charge in [-0.1, -0.05) is 53.7 Å². The van der Waals surface area contributed by atoms with Gasteiger partial charge in [-0.3, -0.25) is 4.79 Å². The third-order valence-electron chi connectivity index (χ3n) is 3.53. The standard InChI is InChI=1S/C18H16ClN3OS/c19-14-8-6-13(7-9-14)12-24-18(23)16-10-11-22(21-17(16)20)15-4-2-1-3-5-15/h1-11,16H,12H2,(H2,20,21). The number of hydrogen-bond acceptors (Lipinski definition) is 5. The molecule has 1 heterocycles. The second kappa shape index (κ2) is 7.55. The minimum absolute atomic E-state index is 0.0184. The maximum absolute atomic E-state index is 12.4. The van der Waals surface area contributed by atoms with Crippen molar-refractivity contribution in [1.82, 2.24) is 0 Å². The van der Waals surface area contributed by atoms with Crippen LogP contribution >= 0.6 is 23.4 Å². The number of para-hydroxylation sites is 1. The highest BCUT2D eigenvalue weighted by atomic mass is 35.5. The van der Waals surface area contributed by atoms with Crippen molar-refractivity contribution in [2.45, 2.75) is 5.75 Å². The van der Waals surface area contributed by atoms with Crippen LogP contribution in [-0.2, 0) is 10.5 Å². The van der Waals surface area contributed by atoms with Gasteiger partial charge in [0.1, 0.15) is 11.8 Å². The number of halogens is 1. The Morgan fingerprint density at radius 3 is 2.54 bits per heavy atom. The maximum Gasteiger partial charge on any atom is 0.203 e. The van der Waals surface area contributed by atoms with E-state index in [0.29, 0.717) is 16.6 Å². The highest BCUT2D eigenvalue weighted by molar-refractivity contribution is 8.13. The summed E-state index contributed by atoms with van der Waals surface area (Å²) in [5.41, 5.74) is 7.94. The lowest BCUT2D eigenvalue weighted by Gasteiger charge is -2.22. The molecule has 2 N–H and O–H groups in total. The first-order chi connectivity index (χ1) is 11.6. The van der Waals surface area contributed by atoms with Crippen LogP contribution in [0.5, 0.6) is 0 Å². The lowest BCUT2D eigenvalue weighted by molar-refractivity contribution is -0.111. The lowest BCUT2D eigenvalue weighted by atomic mass is 10.1. The van der Waals surface area contributed by atoms with Gasteiger partial charge in [0.25, 0.3) is 0 Å². The number of nitrogens with zero attached hydrogens (tertiary/aromatic N) is 2. The van der Waals surface area contributed by atoms with E-state index >= 15 is 0 Å². The third-order valence-corrected chi connectivity index (χ3v) is 4.80. The van der Waals surface area contributed by atoms with Gasteiger partial charge in [-0.25, -0.2) is 5.01 Å². The molecule has 3 rings (SSSR count). The number of rotatable bonds is 4. The summed E-state index contributed by atoms with van der Waals surface area (Å²) in [5, 5.41) is 6.65. The normalized spacial score (nSPS) is 16.8. The predicted molar refractivity (Wildman–Crippen MR) is 101 cm³/mol. The van der Waals surface area contributed by atoms with Crippen molar-refractivity contribution in [3.8, 4) is 0 Å². The van der Waals surface area contributed by atoms with Crippen LogP contribution in [0.3, 0.4) is 0 Å². The van der Waals surface area contributed by atoms with E-state index in [1.54, 1.807) is 17.3 Å². The number of hydrogen-bond donors (Lipinski definition) is 1. The van der Waals surface area contributed by atoms with Crippen molar-refractivity contribution in [1.29, 1.82) is 0 Å². The first kappa shape index (κ1) is 16.6. The van der Waals surface area contributed by atoms with Crippen LogP contribution in [0.15, 0.2) is 72.0 Å². The van der Waals surface area contributed by atoms with E-state index in [2.05, 4.69) is 5.10 Å². The van der Waals surface area contributed by atoms with Crippen LogP contribution in [0.25, 0.3) is 0 Å². The van der Waals surface area contributed by atoms with E-state index in [4.69, 9.17) is 17.3 Å². The molecular weight excluding hydrogens is 342 g/mol. The Hall–Kier alpha value is -2.24. The molecule has 1 aliphatic rings. The van der Waals surface area contributed by atoms with Gasteiger partial charge in [0.05, 0.1) is 5.69 Å². The minimum Gasteiger partial charge on any atom is -0.385 e. The van der Waals surface area contributed by atoms with Crippen molar-refractivity contribution < 1.29 is 4.79 Å². The van der Waals surface area contributed by atoms with Crippen molar-refractivity contribution in [3.63, 3.8) is 0 Å². The minimum atomic E-state index is -0.498. The summed E-state index contributed by atoms with van der Waals surface area (Å²) in [4.78, 5) is 12.4. The summed E-state index contributed by atoms with van der Waals surface area (Å²) in [7, 11) is 0. The van der Waals surface area contributed by atoms with Crippen molar-refractivity contribution in [2.24, 2.45) is 16.8 Å². The van der Waals surface area contributed by atoms with Crippen LogP contribution in [0, 0.1) is 5.92 Å². The predicted octanol–water partition coefficient (Wildman–Crippen LogP) is 4.02. The quantitative estimate of drug-likeness (QED) is 0.897.